The average Bonchev–Trinajstić information content (AvgIpc) is 2.89. The van der Waals surface area contributed by atoms with Gasteiger partial charge in [0.25, 0.3) is 0 Å². The molecule has 0 bridgehead atoms. The monoisotopic (exact) mass is 475 g/mol. The van der Waals surface area contributed by atoms with Crippen LogP contribution < -0.4 is 20.1 Å². The number of nitrogens with one attached hydrogen (secondary N) is 2. The van der Waals surface area contributed by atoms with Crippen LogP contribution in [0.1, 0.15) is 22.4 Å². The number of nitriles is 2. The maximum absolute atomic E-state index is 12.7. The van der Waals surface area contributed by atoms with Crippen LogP contribution in [0.2, 0.25) is 0 Å². The molecule has 0 aliphatic heterocycles. The third-order valence-corrected chi connectivity index (χ3v) is 5.20. The van der Waals surface area contributed by atoms with Crippen molar-refractivity contribution in [2.75, 3.05) is 10.6 Å². The molecule has 2 N–H and O–H groups in total. The van der Waals surface area contributed by atoms with E-state index >= 15 is 0 Å². The van der Waals surface area contributed by atoms with Gasteiger partial charge in [-0.25, -0.2) is 9.78 Å². The Kier molecular flexibility index (Phi) is 7.09. The number of hydrogen-bond acceptors (Lipinski definition) is 6. The van der Waals surface area contributed by atoms with Crippen LogP contribution in [0.3, 0.4) is 0 Å². The maximum atomic E-state index is 12.7. The number of carbonyl (C=O) groups is 1. The summed E-state index contributed by atoms with van der Waals surface area (Å²) in [6.45, 7) is 3.77. The van der Waals surface area contributed by atoms with Crippen LogP contribution >= 0.6 is 0 Å². The van der Waals surface area contributed by atoms with Crippen molar-refractivity contribution in [2.24, 2.45) is 0 Å². The number of aromatic nitrogens is 1. The molecule has 36 heavy (non-hydrogen) atoms. The van der Waals surface area contributed by atoms with Crippen LogP contribution in [0, 0.1) is 36.5 Å². The molecule has 0 saturated carbocycles. The lowest BCUT2D eigenvalue weighted by molar-refractivity contribution is 0.262. The van der Waals surface area contributed by atoms with E-state index in [9.17, 15) is 4.79 Å². The first-order valence-corrected chi connectivity index (χ1v) is 10.9. The number of hydrogen-bond donors (Lipinski definition) is 2. The predicted octanol–water partition coefficient (Wildman–Crippen LogP) is 6.67. The molecule has 0 unspecified atom stereocenters. The molecule has 1 aromatic heterocycles. The molecular formula is C28H21N5O3. The lowest BCUT2D eigenvalue weighted by Gasteiger charge is -2.14. The van der Waals surface area contributed by atoms with Crippen molar-refractivity contribution in [3.8, 4) is 35.1 Å². The predicted molar refractivity (Wildman–Crippen MR) is 135 cm³/mol. The van der Waals surface area contributed by atoms with Gasteiger partial charge in [-0.2, -0.15) is 10.5 Å². The second-order valence-electron chi connectivity index (χ2n) is 7.87. The molecule has 0 radical (unpaired) electrons. The number of urea groups is 1. The van der Waals surface area contributed by atoms with E-state index < -0.39 is 6.03 Å². The van der Waals surface area contributed by atoms with Gasteiger partial charge in [-0.05, 0) is 73.5 Å². The van der Waals surface area contributed by atoms with Gasteiger partial charge in [0.15, 0.2) is 0 Å². The van der Waals surface area contributed by atoms with Crippen LogP contribution in [0.5, 0.6) is 23.0 Å². The van der Waals surface area contributed by atoms with Crippen LogP contribution in [0.25, 0.3) is 0 Å². The summed E-state index contributed by atoms with van der Waals surface area (Å²) in [4.78, 5) is 16.7. The summed E-state index contributed by atoms with van der Waals surface area (Å²) in [6, 6.07) is 24.3. The van der Waals surface area contributed by atoms with E-state index in [1.165, 1.54) is 6.20 Å². The van der Waals surface area contributed by atoms with E-state index in [2.05, 4.69) is 21.7 Å². The second kappa shape index (κ2) is 10.7. The van der Waals surface area contributed by atoms with E-state index in [4.69, 9.17) is 20.0 Å². The molecule has 4 rings (SSSR count). The van der Waals surface area contributed by atoms with Crippen LogP contribution in [0.15, 0.2) is 79.0 Å². The SMILES string of the molecule is Cc1ccc(Oc2ccc(C#N)cc2)cc1NC(=O)Nc1ccc(C)c(Oc2ccc(C#N)nc2)c1. The minimum absolute atomic E-state index is 0.299. The normalized spacial score (nSPS) is 10.0. The van der Waals surface area contributed by atoms with Gasteiger partial charge in [0, 0.05) is 23.5 Å². The molecule has 0 atom stereocenters. The van der Waals surface area contributed by atoms with Gasteiger partial charge in [0.2, 0.25) is 0 Å². The molecule has 0 aliphatic carbocycles. The Labute approximate surface area is 208 Å². The summed E-state index contributed by atoms with van der Waals surface area (Å²) in [6.07, 6.45) is 1.47. The molecule has 2 amide bonds. The summed E-state index contributed by atoms with van der Waals surface area (Å²) in [7, 11) is 0. The van der Waals surface area contributed by atoms with Crippen LogP contribution in [-0.2, 0) is 0 Å². The van der Waals surface area contributed by atoms with Gasteiger partial charge >= 0.3 is 6.03 Å². The van der Waals surface area contributed by atoms with E-state index in [1.54, 1.807) is 60.7 Å². The highest BCUT2D eigenvalue weighted by Crippen LogP contribution is 2.29. The van der Waals surface area contributed by atoms with Gasteiger partial charge < -0.3 is 20.1 Å². The van der Waals surface area contributed by atoms with E-state index in [-0.39, 0.29) is 0 Å². The average molecular weight is 476 g/mol. The molecular weight excluding hydrogens is 454 g/mol. The number of carbonyl (C=O) groups excluding carboxylic acids is 1. The molecule has 176 valence electrons. The Morgan fingerprint density at radius 2 is 1.50 bits per heavy atom. The second-order valence-corrected chi connectivity index (χ2v) is 7.87. The van der Waals surface area contributed by atoms with Crippen molar-refractivity contribution in [2.45, 2.75) is 13.8 Å². The van der Waals surface area contributed by atoms with Crippen molar-refractivity contribution in [1.82, 2.24) is 4.98 Å². The molecule has 0 fully saturated rings. The summed E-state index contributed by atoms with van der Waals surface area (Å²) in [5, 5.41) is 23.5. The quantitative estimate of drug-likeness (QED) is 0.321. The fraction of sp³-hybridized carbons (Fsp3) is 0.0714. The number of benzene rings is 3. The minimum Gasteiger partial charge on any atom is -0.457 e. The summed E-state index contributed by atoms with van der Waals surface area (Å²) >= 11 is 0. The first-order valence-electron chi connectivity index (χ1n) is 10.9. The number of amides is 2. The Balaban J connectivity index is 1.43. The largest absolute Gasteiger partial charge is 0.457 e. The van der Waals surface area contributed by atoms with Gasteiger partial charge in [-0.3, -0.25) is 0 Å². The molecule has 0 aliphatic rings. The lowest BCUT2D eigenvalue weighted by Crippen LogP contribution is -2.20. The first-order chi connectivity index (χ1) is 17.4. The number of rotatable bonds is 6. The lowest BCUT2D eigenvalue weighted by atomic mass is 10.2. The molecule has 8 heteroatoms. The molecule has 1 heterocycles. The topological polar surface area (TPSA) is 120 Å². The van der Waals surface area contributed by atoms with Crippen molar-refractivity contribution in [1.29, 1.82) is 10.5 Å². The summed E-state index contributed by atoms with van der Waals surface area (Å²) in [5.74, 6) is 2.15. The Morgan fingerprint density at radius 3 is 2.19 bits per heavy atom. The molecule has 8 nitrogen and oxygen atoms in total. The Bertz CT molecular complexity index is 1480. The van der Waals surface area contributed by atoms with Crippen molar-refractivity contribution in [3.63, 3.8) is 0 Å². The Morgan fingerprint density at radius 1 is 0.778 bits per heavy atom. The van der Waals surface area contributed by atoms with Gasteiger partial charge in [-0.1, -0.05) is 12.1 Å². The zero-order valence-corrected chi connectivity index (χ0v) is 19.6. The van der Waals surface area contributed by atoms with E-state index in [1.807, 2.05) is 32.0 Å². The fourth-order valence-electron chi connectivity index (χ4n) is 3.24. The molecule has 0 saturated heterocycles. The zero-order valence-electron chi connectivity index (χ0n) is 19.6. The standard InChI is InChI=1S/C28H21N5O3/c1-18-4-9-24(35-23-10-5-20(15-29)6-11-23)14-26(18)33-28(34)32-21-7-3-19(2)27(13-21)36-25-12-8-22(16-30)31-17-25/h3-14,17H,1-2H3,(H2,32,33,34). The number of anilines is 2. The van der Waals surface area contributed by atoms with Crippen molar-refractivity contribution in [3.05, 3.63) is 101 Å². The molecule has 3 aromatic carbocycles. The number of ether oxygens (including phenoxy) is 2. The van der Waals surface area contributed by atoms with Gasteiger partial charge in [0.05, 0.1) is 17.8 Å². The van der Waals surface area contributed by atoms with E-state index in [0.29, 0.717) is 45.6 Å². The summed E-state index contributed by atoms with van der Waals surface area (Å²) < 4.78 is 11.7. The van der Waals surface area contributed by atoms with Crippen molar-refractivity contribution >= 4 is 17.4 Å². The summed E-state index contributed by atoms with van der Waals surface area (Å²) in [5.41, 5.74) is 3.70. The van der Waals surface area contributed by atoms with Crippen LogP contribution in [-0.4, -0.2) is 11.0 Å². The number of aryl methyl sites for hydroxylation is 2. The number of nitrogens with zero attached hydrogens (tertiary/aromatic N) is 3. The smallest absolute Gasteiger partial charge is 0.323 e. The van der Waals surface area contributed by atoms with E-state index in [0.717, 1.165) is 11.1 Å². The molecule has 4 aromatic rings. The highest BCUT2D eigenvalue weighted by atomic mass is 16.5. The van der Waals surface area contributed by atoms with Crippen LogP contribution in [0.4, 0.5) is 16.2 Å². The highest BCUT2D eigenvalue weighted by Gasteiger charge is 2.10. The Hall–Kier alpha value is -5.34. The first kappa shape index (κ1) is 23.8. The third kappa shape index (κ3) is 5.96. The fourth-order valence-corrected chi connectivity index (χ4v) is 3.24. The third-order valence-electron chi connectivity index (χ3n) is 5.20. The minimum atomic E-state index is -0.427. The molecule has 0 spiro atoms. The zero-order chi connectivity index (χ0) is 25.5. The van der Waals surface area contributed by atoms with Gasteiger partial charge in [-0.15, -0.1) is 0 Å². The van der Waals surface area contributed by atoms with Gasteiger partial charge in [0.1, 0.15) is 34.8 Å². The maximum Gasteiger partial charge on any atom is 0.323 e. The van der Waals surface area contributed by atoms with Crippen molar-refractivity contribution < 1.29 is 14.3 Å². The highest BCUT2D eigenvalue weighted by molar-refractivity contribution is 6.00. The number of pyridine rings is 1.